The third-order valence-corrected chi connectivity index (χ3v) is 3.44. The van der Waals surface area contributed by atoms with E-state index in [-0.39, 0.29) is 0 Å². The monoisotopic (exact) mass is 178 g/mol. The Bertz CT molecular complexity index is 336. The molecule has 0 aliphatic heterocycles. The summed E-state index contributed by atoms with van der Waals surface area (Å²) < 4.78 is 0. The molecule has 13 heavy (non-hydrogen) atoms. The van der Waals surface area contributed by atoms with Gasteiger partial charge in [-0.3, -0.25) is 0 Å². The molecule has 0 spiro atoms. The number of aromatic amines is 1. The molecule has 1 fully saturated rings. The molecule has 72 valence electrons. The number of aryl methyl sites for hydroxylation is 2. The van der Waals surface area contributed by atoms with E-state index in [1.54, 1.807) is 0 Å². The highest BCUT2D eigenvalue weighted by Gasteiger charge is 2.56. The molecule has 3 N–H and O–H groups in total. The van der Waals surface area contributed by atoms with E-state index in [2.05, 4.69) is 38.7 Å². The van der Waals surface area contributed by atoms with Gasteiger partial charge in [0.15, 0.2) is 0 Å². The standard InChI is InChI=1S/C11H18N2/c1-6-5-8(7(2)13-6)9-10(12)11(9,3)4/h5,9-10,13H,12H2,1-4H3. The van der Waals surface area contributed by atoms with Crippen LogP contribution in [0.2, 0.25) is 0 Å². The predicted molar refractivity (Wildman–Crippen MR) is 54.8 cm³/mol. The van der Waals surface area contributed by atoms with Crippen molar-refractivity contribution in [2.75, 3.05) is 0 Å². The summed E-state index contributed by atoms with van der Waals surface area (Å²) >= 11 is 0. The van der Waals surface area contributed by atoms with E-state index in [0.29, 0.717) is 17.4 Å². The zero-order chi connectivity index (χ0) is 9.80. The van der Waals surface area contributed by atoms with Gasteiger partial charge in [0.25, 0.3) is 0 Å². The van der Waals surface area contributed by atoms with Gasteiger partial charge in [-0.2, -0.15) is 0 Å². The minimum atomic E-state index is 0.291. The third-order valence-electron chi connectivity index (χ3n) is 3.44. The van der Waals surface area contributed by atoms with Crippen LogP contribution in [0.25, 0.3) is 0 Å². The van der Waals surface area contributed by atoms with Crippen molar-refractivity contribution in [3.8, 4) is 0 Å². The first-order chi connectivity index (χ1) is 5.94. The van der Waals surface area contributed by atoms with Gasteiger partial charge in [-0.15, -0.1) is 0 Å². The molecular weight excluding hydrogens is 160 g/mol. The number of aromatic nitrogens is 1. The van der Waals surface area contributed by atoms with Crippen LogP contribution in [0.1, 0.15) is 36.7 Å². The summed E-state index contributed by atoms with van der Waals surface area (Å²) in [5.41, 5.74) is 10.3. The van der Waals surface area contributed by atoms with Gasteiger partial charge < -0.3 is 10.7 Å². The lowest BCUT2D eigenvalue weighted by Gasteiger charge is -2.00. The van der Waals surface area contributed by atoms with E-state index in [9.17, 15) is 0 Å². The van der Waals surface area contributed by atoms with Gasteiger partial charge in [0.1, 0.15) is 0 Å². The molecule has 2 atom stereocenters. The Morgan fingerprint density at radius 2 is 1.92 bits per heavy atom. The molecular formula is C11H18N2. The lowest BCUT2D eigenvalue weighted by molar-refractivity contribution is 0.598. The Hall–Kier alpha value is -0.760. The molecule has 1 aliphatic rings. The van der Waals surface area contributed by atoms with Crippen LogP contribution in [0.15, 0.2) is 6.07 Å². The van der Waals surface area contributed by atoms with Crippen molar-refractivity contribution in [1.29, 1.82) is 0 Å². The summed E-state index contributed by atoms with van der Waals surface area (Å²) in [6.07, 6.45) is 0. The van der Waals surface area contributed by atoms with Gasteiger partial charge in [0, 0.05) is 23.3 Å². The van der Waals surface area contributed by atoms with Gasteiger partial charge in [-0.25, -0.2) is 0 Å². The molecule has 0 aromatic carbocycles. The van der Waals surface area contributed by atoms with E-state index < -0.39 is 0 Å². The normalized spacial score (nSPS) is 30.5. The average molecular weight is 178 g/mol. The van der Waals surface area contributed by atoms with Crippen LogP contribution in [0.4, 0.5) is 0 Å². The van der Waals surface area contributed by atoms with Crippen LogP contribution in [-0.4, -0.2) is 11.0 Å². The van der Waals surface area contributed by atoms with E-state index in [1.807, 2.05) is 0 Å². The second-order valence-electron chi connectivity index (χ2n) is 4.86. The van der Waals surface area contributed by atoms with Crippen LogP contribution in [0.5, 0.6) is 0 Å². The van der Waals surface area contributed by atoms with Crippen LogP contribution in [-0.2, 0) is 0 Å². The summed E-state index contributed by atoms with van der Waals surface area (Å²) in [6, 6.07) is 2.57. The molecule has 0 bridgehead atoms. The Morgan fingerprint density at radius 3 is 2.23 bits per heavy atom. The highest BCUT2D eigenvalue weighted by atomic mass is 14.9. The van der Waals surface area contributed by atoms with Crippen molar-refractivity contribution < 1.29 is 0 Å². The summed E-state index contributed by atoms with van der Waals surface area (Å²) in [5.74, 6) is 0.553. The Morgan fingerprint density at radius 1 is 1.38 bits per heavy atom. The Kier molecular flexibility index (Phi) is 1.62. The zero-order valence-electron chi connectivity index (χ0n) is 8.81. The highest BCUT2D eigenvalue weighted by Crippen LogP contribution is 2.57. The van der Waals surface area contributed by atoms with Crippen molar-refractivity contribution in [3.05, 3.63) is 23.0 Å². The number of H-pyrrole nitrogens is 1. The minimum Gasteiger partial charge on any atom is -0.362 e. The maximum Gasteiger partial charge on any atom is 0.0172 e. The SMILES string of the molecule is Cc1cc(C2C(N)C2(C)C)c(C)[nH]1. The zero-order valence-corrected chi connectivity index (χ0v) is 8.81. The van der Waals surface area contributed by atoms with E-state index in [0.717, 1.165) is 0 Å². The fraction of sp³-hybridized carbons (Fsp3) is 0.636. The summed E-state index contributed by atoms with van der Waals surface area (Å²) in [6.45, 7) is 8.70. The molecule has 2 unspecified atom stereocenters. The average Bonchev–Trinajstić information content (AvgIpc) is 2.36. The number of nitrogens with one attached hydrogen (secondary N) is 1. The van der Waals surface area contributed by atoms with E-state index in [4.69, 9.17) is 5.73 Å². The Balaban J connectivity index is 2.34. The minimum absolute atomic E-state index is 0.291. The quantitative estimate of drug-likeness (QED) is 0.679. The molecule has 1 aromatic heterocycles. The van der Waals surface area contributed by atoms with Crippen LogP contribution in [0, 0.1) is 19.3 Å². The third kappa shape index (κ3) is 1.12. The maximum absolute atomic E-state index is 6.04. The van der Waals surface area contributed by atoms with Crippen molar-refractivity contribution in [2.45, 2.75) is 39.7 Å². The largest absolute Gasteiger partial charge is 0.362 e. The first-order valence-corrected chi connectivity index (χ1v) is 4.86. The molecule has 0 radical (unpaired) electrons. The second kappa shape index (κ2) is 2.38. The van der Waals surface area contributed by atoms with Crippen molar-refractivity contribution in [2.24, 2.45) is 11.1 Å². The van der Waals surface area contributed by atoms with E-state index >= 15 is 0 Å². The lowest BCUT2D eigenvalue weighted by Crippen LogP contribution is -2.06. The number of hydrogen-bond donors (Lipinski definition) is 2. The van der Waals surface area contributed by atoms with Crippen molar-refractivity contribution >= 4 is 0 Å². The lowest BCUT2D eigenvalue weighted by atomic mass is 10.0. The molecule has 2 nitrogen and oxygen atoms in total. The molecule has 2 heteroatoms. The van der Waals surface area contributed by atoms with Gasteiger partial charge in [0.2, 0.25) is 0 Å². The van der Waals surface area contributed by atoms with Gasteiger partial charge in [-0.1, -0.05) is 13.8 Å². The number of nitrogens with two attached hydrogens (primary N) is 1. The van der Waals surface area contributed by atoms with Crippen molar-refractivity contribution in [3.63, 3.8) is 0 Å². The molecule has 1 saturated carbocycles. The molecule has 0 amide bonds. The maximum atomic E-state index is 6.04. The smallest absolute Gasteiger partial charge is 0.0172 e. The fourth-order valence-electron chi connectivity index (χ4n) is 2.34. The summed E-state index contributed by atoms with van der Waals surface area (Å²) in [4.78, 5) is 3.33. The van der Waals surface area contributed by atoms with Crippen LogP contribution < -0.4 is 5.73 Å². The topological polar surface area (TPSA) is 41.8 Å². The number of hydrogen-bond acceptors (Lipinski definition) is 1. The summed E-state index contributed by atoms with van der Waals surface area (Å²) in [5, 5.41) is 0. The first-order valence-electron chi connectivity index (χ1n) is 4.86. The van der Waals surface area contributed by atoms with Crippen LogP contribution in [0.3, 0.4) is 0 Å². The fourth-order valence-corrected chi connectivity index (χ4v) is 2.34. The first kappa shape index (κ1) is 8.82. The summed E-state index contributed by atoms with van der Waals surface area (Å²) in [7, 11) is 0. The molecule has 0 saturated heterocycles. The van der Waals surface area contributed by atoms with Gasteiger partial charge >= 0.3 is 0 Å². The highest BCUT2D eigenvalue weighted by molar-refractivity contribution is 5.38. The number of rotatable bonds is 1. The molecule has 2 rings (SSSR count). The molecule has 1 aromatic rings. The van der Waals surface area contributed by atoms with E-state index in [1.165, 1.54) is 17.0 Å². The second-order valence-corrected chi connectivity index (χ2v) is 4.86. The molecule has 1 heterocycles. The molecule has 1 aliphatic carbocycles. The van der Waals surface area contributed by atoms with Gasteiger partial charge in [-0.05, 0) is 30.9 Å². The van der Waals surface area contributed by atoms with Crippen molar-refractivity contribution in [1.82, 2.24) is 4.98 Å². The Labute approximate surface area is 79.5 Å². The van der Waals surface area contributed by atoms with Gasteiger partial charge in [0.05, 0.1) is 0 Å². The predicted octanol–water partition coefficient (Wildman–Crippen LogP) is 2.08. The van der Waals surface area contributed by atoms with Crippen LogP contribution >= 0.6 is 0 Å².